The second-order valence-corrected chi connectivity index (χ2v) is 2.49. The number of hydrogen-bond donors (Lipinski definition) is 1. The summed E-state index contributed by atoms with van der Waals surface area (Å²) in [6.07, 6.45) is 1.30. The summed E-state index contributed by atoms with van der Waals surface area (Å²) in [5.74, 6) is 0.556. The van der Waals surface area contributed by atoms with Gasteiger partial charge in [-0.2, -0.15) is 4.98 Å². The standard InChI is InChI=1S/C5H7BrN2O2/c6-5-7-4(10-8-5)2-1-3-9/h9H,1-3H2. The summed E-state index contributed by atoms with van der Waals surface area (Å²) < 4.78 is 5.21. The van der Waals surface area contributed by atoms with Crippen LogP contribution >= 0.6 is 15.9 Å². The Morgan fingerprint density at radius 1 is 1.60 bits per heavy atom. The molecule has 0 saturated heterocycles. The van der Waals surface area contributed by atoms with Gasteiger partial charge in [-0.1, -0.05) is 0 Å². The third-order valence-electron chi connectivity index (χ3n) is 0.992. The summed E-state index contributed by atoms with van der Waals surface area (Å²) in [5.41, 5.74) is 0. The minimum Gasteiger partial charge on any atom is -0.396 e. The second-order valence-electron chi connectivity index (χ2n) is 1.78. The molecule has 56 valence electrons. The van der Waals surface area contributed by atoms with Gasteiger partial charge in [-0.15, -0.1) is 0 Å². The third kappa shape index (κ3) is 2.07. The molecule has 1 aromatic heterocycles. The number of rotatable bonds is 3. The van der Waals surface area contributed by atoms with Crippen LogP contribution in [0.25, 0.3) is 0 Å². The van der Waals surface area contributed by atoms with Crippen molar-refractivity contribution in [2.24, 2.45) is 0 Å². The summed E-state index contributed by atoms with van der Waals surface area (Å²) in [6, 6.07) is 0. The molecule has 10 heavy (non-hydrogen) atoms. The molecule has 1 heterocycles. The highest BCUT2D eigenvalue weighted by Gasteiger charge is 2.00. The molecule has 0 aliphatic rings. The normalized spacial score (nSPS) is 10.2. The Labute approximate surface area is 66.4 Å². The summed E-state index contributed by atoms with van der Waals surface area (Å²) >= 11 is 3.05. The highest BCUT2D eigenvalue weighted by atomic mass is 79.9. The van der Waals surface area contributed by atoms with Gasteiger partial charge in [0.25, 0.3) is 0 Å². The van der Waals surface area contributed by atoms with E-state index in [4.69, 9.17) is 9.63 Å². The highest BCUT2D eigenvalue weighted by Crippen LogP contribution is 2.05. The molecular formula is C5H7BrN2O2. The Morgan fingerprint density at radius 3 is 2.90 bits per heavy atom. The lowest BCUT2D eigenvalue weighted by Crippen LogP contribution is -1.88. The van der Waals surface area contributed by atoms with Crippen molar-refractivity contribution in [3.05, 3.63) is 10.6 Å². The maximum Gasteiger partial charge on any atom is 0.238 e. The molecule has 0 saturated carbocycles. The minimum atomic E-state index is 0.153. The molecule has 0 radical (unpaired) electrons. The average molecular weight is 207 g/mol. The van der Waals surface area contributed by atoms with Gasteiger partial charge in [0.2, 0.25) is 10.6 Å². The molecule has 1 N–H and O–H groups in total. The Hall–Kier alpha value is -0.420. The van der Waals surface area contributed by atoms with Crippen molar-refractivity contribution in [1.29, 1.82) is 0 Å². The molecule has 0 amide bonds. The molecule has 0 spiro atoms. The SMILES string of the molecule is OCCCc1nc(Br)no1. The molecular weight excluding hydrogens is 200 g/mol. The molecule has 0 fully saturated rings. The van der Waals surface area contributed by atoms with Gasteiger partial charge < -0.3 is 9.63 Å². The molecule has 4 nitrogen and oxygen atoms in total. The fourth-order valence-corrected chi connectivity index (χ4v) is 0.836. The molecule has 0 bridgehead atoms. The van der Waals surface area contributed by atoms with E-state index in [1.807, 2.05) is 0 Å². The predicted molar refractivity (Wildman–Crippen MR) is 37.4 cm³/mol. The van der Waals surface area contributed by atoms with Crippen LogP contribution in [0.2, 0.25) is 0 Å². The van der Waals surface area contributed by atoms with Gasteiger partial charge >= 0.3 is 0 Å². The van der Waals surface area contributed by atoms with Gasteiger partial charge in [0.1, 0.15) is 0 Å². The maximum atomic E-state index is 8.43. The lowest BCUT2D eigenvalue weighted by atomic mass is 10.3. The molecule has 5 heteroatoms. The maximum absolute atomic E-state index is 8.43. The fraction of sp³-hybridized carbons (Fsp3) is 0.600. The van der Waals surface area contributed by atoms with Crippen molar-refractivity contribution < 1.29 is 9.63 Å². The molecule has 0 atom stereocenters. The zero-order valence-corrected chi connectivity index (χ0v) is 6.84. The largest absolute Gasteiger partial charge is 0.396 e. The first-order valence-corrected chi connectivity index (χ1v) is 3.71. The molecule has 0 unspecified atom stereocenters. The molecule has 0 aliphatic carbocycles. The van der Waals surface area contributed by atoms with Crippen molar-refractivity contribution in [1.82, 2.24) is 10.1 Å². The minimum absolute atomic E-state index is 0.153. The fourth-order valence-electron chi connectivity index (χ4n) is 0.566. The van der Waals surface area contributed by atoms with Gasteiger partial charge in [0, 0.05) is 13.0 Å². The third-order valence-corrected chi connectivity index (χ3v) is 1.31. The van der Waals surface area contributed by atoms with Crippen LogP contribution in [0.4, 0.5) is 0 Å². The van der Waals surface area contributed by atoms with Gasteiger partial charge in [0.05, 0.1) is 0 Å². The van der Waals surface area contributed by atoms with Gasteiger partial charge in [-0.25, -0.2) is 0 Å². The Kier molecular flexibility index (Phi) is 2.82. The van der Waals surface area contributed by atoms with Crippen LogP contribution in [0.3, 0.4) is 0 Å². The van der Waals surface area contributed by atoms with Crippen molar-refractivity contribution in [3.8, 4) is 0 Å². The summed E-state index contributed by atoms with van der Waals surface area (Å²) in [6.45, 7) is 0.153. The van der Waals surface area contributed by atoms with Crippen LogP contribution in [0, 0.1) is 0 Å². The van der Waals surface area contributed by atoms with E-state index in [1.165, 1.54) is 0 Å². The second kappa shape index (κ2) is 3.68. The monoisotopic (exact) mass is 206 g/mol. The first-order valence-electron chi connectivity index (χ1n) is 2.92. The number of aromatic nitrogens is 2. The highest BCUT2D eigenvalue weighted by molar-refractivity contribution is 9.10. The average Bonchev–Trinajstić information content (AvgIpc) is 2.31. The van der Waals surface area contributed by atoms with Crippen LogP contribution in [-0.2, 0) is 6.42 Å². The first-order chi connectivity index (χ1) is 4.83. The number of hydrogen-bond acceptors (Lipinski definition) is 4. The smallest absolute Gasteiger partial charge is 0.238 e. The van der Waals surface area contributed by atoms with E-state index in [0.717, 1.165) is 0 Å². The van der Waals surface area contributed by atoms with E-state index in [2.05, 4.69) is 26.1 Å². The number of nitrogens with zero attached hydrogens (tertiary/aromatic N) is 2. The van der Waals surface area contributed by atoms with Crippen molar-refractivity contribution in [2.75, 3.05) is 6.61 Å². The number of aliphatic hydroxyl groups is 1. The topological polar surface area (TPSA) is 59.2 Å². The quantitative estimate of drug-likeness (QED) is 0.794. The number of aryl methyl sites for hydroxylation is 1. The van der Waals surface area contributed by atoms with Crippen molar-refractivity contribution in [3.63, 3.8) is 0 Å². The number of halogens is 1. The van der Waals surface area contributed by atoms with Crippen LogP contribution in [0.15, 0.2) is 9.26 Å². The van der Waals surface area contributed by atoms with Crippen LogP contribution in [-0.4, -0.2) is 21.9 Å². The molecule has 0 aliphatic heterocycles. The van der Waals surface area contributed by atoms with Crippen LogP contribution in [0.5, 0.6) is 0 Å². The molecule has 1 rings (SSSR count). The van der Waals surface area contributed by atoms with E-state index in [-0.39, 0.29) is 6.61 Å². The zero-order valence-electron chi connectivity index (χ0n) is 5.25. The van der Waals surface area contributed by atoms with Gasteiger partial charge in [-0.05, 0) is 27.5 Å². The van der Waals surface area contributed by atoms with Crippen molar-refractivity contribution >= 4 is 15.9 Å². The summed E-state index contributed by atoms with van der Waals surface area (Å²) in [5, 5.41) is 12.0. The van der Waals surface area contributed by atoms with Crippen LogP contribution in [0.1, 0.15) is 12.3 Å². The number of aliphatic hydroxyl groups excluding tert-OH is 1. The van der Waals surface area contributed by atoms with Crippen molar-refractivity contribution in [2.45, 2.75) is 12.8 Å². The Morgan fingerprint density at radius 2 is 2.40 bits per heavy atom. The summed E-state index contributed by atoms with van der Waals surface area (Å²) in [4.78, 5) is 3.88. The van der Waals surface area contributed by atoms with E-state index in [1.54, 1.807) is 0 Å². The summed E-state index contributed by atoms with van der Waals surface area (Å²) in [7, 11) is 0. The molecule has 1 aromatic rings. The lowest BCUT2D eigenvalue weighted by molar-refractivity contribution is 0.278. The lowest BCUT2D eigenvalue weighted by Gasteiger charge is -1.86. The van der Waals surface area contributed by atoms with E-state index < -0.39 is 0 Å². The predicted octanol–water partition coefficient (Wildman–Crippen LogP) is 0.757. The van der Waals surface area contributed by atoms with Gasteiger partial charge in [-0.3, -0.25) is 0 Å². The van der Waals surface area contributed by atoms with E-state index >= 15 is 0 Å². The Balaban J connectivity index is 2.42. The first kappa shape index (κ1) is 7.68. The van der Waals surface area contributed by atoms with Gasteiger partial charge in [0.15, 0.2) is 0 Å². The van der Waals surface area contributed by atoms with E-state index in [0.29, 0.717) is 23.5 Å². The molecule has 0 aromatic carbocycles. The van der Waals surface area contributed by atoms with E-state index in [9.17, 15) is 0 Å². The van der Waals surface area contributed by atoms with Crippen LogP contribution < -0.4 is 0 Å². The zero-order chi connectivity index (χ0) is 7.40. The Bertz CT molecular complexity index is 201.